The van der Waals surface area contributed by atoms with Gasteiger partial charge in [0.15, 0.2) is 5.78 Å². The molecular formula is C17H11BrFNO. The average Bonchev–Trinajstić information content (AvgIpc) is 2.50. The summed E-state index contributed by atoms with van der Waals surface area (Å²) in [4.78, 5) is 16.8. The number of hydrogen-bond acceptors (Lipinski definition) is 2. The van der Waals surface area contributed by atoms with E-state index in [0.717, 1.165) is 15.4 Å². The monoisotopic (exact) mass is 343 g/mol. The molecule has 0 fully saturated rings. The number of carbonyl (C=O) groups excluding carboxylic acids is 1. The van der Waals surface area contributed by atoms with E-state index in [9.17, 15) is 9.18 Å². The van der Waals surface area contributed by atoms with E-state index in [2.05, 4.69) is 20.9 Å². The lowest BCUT2D eigenvalue weighted by atomic mass is 10.00. The molecule has 0 aliphatic heterocycles. The summed E-state index contributed by atoms with van der Waals surface area (Å²) >= 11 is 3.35. The van der Waals surface area contributed by atoms with Crippen LogP contribution >= 0.6 is 15.9 Å². The van der Waals surface area contributed by atoms with Gasteiger partial charge in [-0.2, -0.15) is 0 Å². The lowest BCUT2D eigenvalue weighted by Crippen LogP contribution is -2.05. The minimum Gasteiger partial charge on any atom is -0.294 e. The number of carbonyl (C=O) groups is 1. The number of nitrogens with zero attached hydrogens (tertiary/aromatic N) is 1. The summed E-state index contributed by atoms with van der Waals surface area (Å²) in [6.07, 6.45) is 1.77. The highest BCUT2D eigenvalue weighted by atomic mass is 79.9. The van der Waals surface area contributed by atoms with Crippen molar-refractivity contribution in [1.29, 1.82) is 0 Å². The Kier molecular flexibility index (Phi) is 3.80. The van der Waals surface area contributed by atoms with Gasteiger partial charge in [-0.25, -0.2) is 4.39 Å². The number of aromatic nitrogens is 1. The predicted molar refractivity (Wildman–Crippen MR) is 83.9 cm³/mol. The Morgan fingerprint density at radius 3 is 2.81 bits per heavy atom. The van der Waals surface area contributed by atoms with Crippen molar-refractivity contribution in [3.8, 4) is 0 Å². The number of halogens is 2. The van der Waals surface area contributed by atoms with Crippen molar-refractivity contribution in [1.82, 2.24) is 4.98 Å². The maximum Gasteiger partial charge on any atom is 0.168 e. The van der Waals surface area contributed by atoms with Crippen LogP contribution in [-0.2, 0) is 6.42 Å². The number of rotatable bonds is 3. The van der Waals surface area contributed by atoms with Gasteiger partial charge in [0.05, 0.1) is 5.52 Å². The first-order valence-electron chi connectivity index (χ1n) is 6.46. The highest BCUT2D eigenvalue weighted by Gasteiger charge is 2.13. The quantitative estimate of drug-likeness (QED) is 0.652. The topological polar surface area (TPSA) is 30.0 Å². The third kappa shape index (κ3) is 2.85. The first-order chi connectivity index (χ1) is 10.1. The van der Waals surface area contributed by atoms with E-state index in [0.29, 0.717) is 11.1 Å². The van der Waals surface area contributed by atoms with Crippen molar-refractivity contribution in [2.45, 2.75) is 6.42 Å². The molecule has 0 aliphatic carbocycles. The molecule has 0 radical (unpaired) electrons. The van der Waals surface area contributed by atoms with Gasteiger partial charge in [-0.3, -0.25) is 9.78 Å². The highest BCUT2D eigenvalue weighted by Crippen LogP contribution is 2.22. The minimum absolute atomic E-state index is 0.0556. The Morgan fingerprint density at radius 1 is 1.14 bits per heavy atom. The number of benzene rings is 2. The maximum atomic E-state index is 13.3. The minimum atomic E-state index is -0.347. The van der Waals surface area contributed by atoms with Gasteiger partial charge in [0.25, 0.3) is 0 Å². The number of pyridine rings is 1. The third-order valence-corrected chi connectivity index (χ3v) is 4.08. The highest BCUT2D eigenvalue weighted by molar-refractivity contribution is 9.10. The van der Waals surface area contributed by atoms with Crippen molar-refractivity contribution in [2.24, 2.45) is 0 Å². The second-order valence-corrected chi connectivity index (χ2v) is 5.57. The van der Waals surface area contributed by atoms with E-state index in [1.807, 2.05) is 24.3 Å². The van der Waals surface area contributed by atoms with Gasteiger partial charge in [-0.15, -0.1) is 0 Å². The van der Waals surface area contributed by atoms with Crippen molar-refractivity contribution in [3.63, 3.8) is 0 Å². The zero-order valence-electron chi connectivity index (χ0n) is 11.0. The fourth-order valence-corrected chi connectivity index (χ4v) is 2.67. The second kappa shape index (κ2) is 5.74. The Hall–Kier alpha value is -2.07. The fraction of sp³-hybridized carbons (Fsp3) is 0.0588. The van der Waals surface area contributed by atoms with E-state index in [1.165, 1.54) is 12.1 Å². The molecule has 21 heavy (non-hydrogen) atoms. The molecule has 0 saturated heterocycles. The van der Waals surface area contributed by atoms with Crippen molar-refractivity contribution in [2.75, 3.05) is 0 Å². The predicted octanol–water partition coefficient (Wildman–Crippen LogP) is 4.56. The first kappa shape index (κ1) is 13.9. The molecule has 1 heterocycles. The van der Waals surface area contributed by atoms with Gasteiger partial charge in [0.1, 0.15) is 5.82 Å². The maximum absolute atomic E-state index is 13.3. The zero-order chi connectivity index (χ0) is 14.8. The van der Waals surface area contributed by atoms with E-state index in [-0.39, 0.29) is 18.0 Å². The summed E-state index contributed by atoms with van der Waals surface area (Å²) < 4.78 is 14.0. The SMILES string of the molecule is O=C(Cc1cc(F)ccc1Br)c1ccnc2ccccc12. The molecule has 3 rings (SSSR count). The summed E-state index contributed by atoms with van der Waals surface area (Å²) in [5, 5.41) is 0.817. The Morgan fingerprint density at radius 2 is 1.95 bits per heavy atom. The molecule has 0 aliphatic rings. The molecule has 3 aromatic rings. The van der Waals surface area contributed by atoms with E-state index < -0.39 is 0 Å². The largest absolute Gasteiger partial charge is 0.294 e. The van der Waals surface area contributed by atoms with Gasteiger partial charge < -0.3 is 0 Å². The summed E-state index contributed by atoms with van der Waals surface area (Å²) in [6, 6.07) is 13.6. The molecule has 2 nitrogen and oxygen atoms in total. The van der Waals surface area contributed by atoms with Crippen molar-refractivity contribution >= 4 is 32.6 Å². The normalized spacial score (nSPS) is 10.8. The Balaban J connectivity index is 1.99. The van der Waals surface area contributed by atoms with E-state index >= 15 is 0 Å². The summed E-state index contributed by atoms with van der Waals surface area (Å²) in [5.74, 6) is -0.402. The zero-order valence-corrected chi connectivity index (χ0v) is 12.6. The van der Waals surface area contributed by atoms with Crippen LogP contribution in [0.4, 0.5) is 4.39 Å². The third-order valence-electron chi connectivity index (χ3n) is 3.31. The molecule has 0 spiro atoms. The van der Waals surface area contributed by atoms with Gasteiger partial charge in [0.2, 0.25) is 0 Å². The number of fused-ring (bicyclic) bond motifs is 1. The molecule has 0 N–H and O–H groups in total. The average molecular weight is 344 g/mol. The van der Waals surface area contributed by atoms with Gasteiger partial charge >= 0.3 is 0 Å². The molecule has 0 saturated carbocycles. The molecular weight excluding hydrogens is 333 g/mol. The summed E-state index contributed by atoms with van der Waals surface area (Å²) in [7, 11) is 0. The molecule has 0 bridgehead atoms. The molecule has 4 heteroatoms. The lowest BCUT2D eigenvalue weighted by molar-refractivity contribution is 0.0994. The lowest BCUT2D eigenvalue weighted by Gasteiger charge is -2.07. The van der Waals surface area contributed by atoms with Crippen LogP contribution in [-0.4, -0.2) is 10.8 Å². The van der Waals surface area contributed by atoms with Crippen molar-refractivity contribution in [3.05, 3.63) is 76.1 Å². The number of hydrogen-bond donors (Lipinski definition) is 0. The number of para-hydroxylation sites is 1. The molecule has 0 unspecified atom stereocenters. The number of ketones is 1. The Bertz CT molecular complexity index is 827. The number of Topliss-reactive ketones (excluding diaryl/α,β-unsaturated/α-hetero) is 1. The van der Waals surface area contributed by atoms with Crippen LogP contribution in [0.2, 0.25) is 0 Å². The van der Waals surface area contributed by atoms with Crippen LogP contribution in [0.15, 0.2) is 59.2 Å². The van der Waals surface area contributed by atoms with Crippen LogP contribution < -0.4 is 0 Å². The van der Waals surface area contributed by atoms with Crippen LogP contribution in [0.25, 0.3) is 10.9 Å². The smallest absolute Gasteiger partial charge is 0.168 e. The summed E-state index contributed by atoms with van der Waals surface area (Å²) in [5.41, 5.74) is 2.03. The van der Waals surface area contributed by atoms with E-state index in [1.54, 1.807) is 18.3 Å². The van der Waals surface area contributed by atoms with Crippen molar-refractivity contribution < 1.29 is 9.18 Å². The standard InChI is InChI=1S/C17H11BrFNO/c18-15-6-5-12(19)9-11(15)10-17(21)14-7-8-20-16-4-2-1-3-13(14)16/h1-9H,10H2. The molecule has 2 aromatic carbocycles. The van der Waals surface area contributed by atoms with Gasteiger partial charge in [-0.1, -0.05) is 34.1 Å². The van der Waals surface area contributed by atoms with E-state index in [4.69, 9.17) is 0 Å². The molecule has 1 aromatic heterocycles. The van der Waals surface area contributed by atoms with Gasteiger partial charge in [-0.05, 0) is 35.9 Å². The Labute approximate surface area is 129 Å². The molecule has 0 atom stereocenters. The second-order valence-electron chi connectivity index (χ2n) is 4.71. The first-order valence-corrected chi connectivity index (χ1v) is 7.25. The van der Waals surface area contributed by atoms with Crippen LogP contribution in [0.1, 0.15) is 15.9 Å². The fourth-order valence-electron chi connectivity index (χ4n) is 2.29. The van der Waals surface area contributed by atoms with Crippen LogP contribution in [0, 0.1) is 5.82 Å². The van der Waals surface area contributed by atoms with Gasteiger partial charge in [0, 0.05) is 28.0 Å². The van der Waals surface area contributed by atoms with Crippen LogP contribution in [0.5, 0.6) is 0 Å². The molecule has 104 valence electrons. The molecule has 0 amide bonds. The summed E-state index contributed by atoms with van der Waals surface area (Å²) in [6.45, 7) is 0. The van der Waals surface area contributed by atoms with Crippen LogP contribution in [0.3, 0.4) is 0 Å².